The van der Waals surface area contributed by atoms with E-state index in [1.54, 1.807) is 14.1 Å². The van der Waals surface area contributed by atoms with Crippen molar-refractivity contribution in [3.63, 3.8) is 0 Å². The third kappa shape index (κ3) is 2.09. The number of nitrogen functional groups attached to an aromatic ring is 1. The third-order valence-corrected chi connectivity index (χ3v) is 2.78. The van der Waals surface area contributed by atoms with E-state index >= 15 is 0 Å². The van der Waals surface area contributed by atoms with Crippen LogP contribution < -0.4 is 10.5 Å². The lowest BCUT2D eigenvalue weighted by Gasteiger charge is -2.15. The summed E-state index contributed by atoms with van der Waals surface area (Å²) in [4.78, 5) is 13.0. The van der Waals surface area contributed by atoms with Crippen molar-refractivity contribution < 1.29 is 9.53 Å². The predicted octanol–water partition coefficient (Wildman–Crippen LogP) is 2.79. The molecule has 0 radical (unpaired) electrons. The number of rotatable bonds is 1. The van der Waals surface area contributed by atoms with Crippen molar-refractivity contribution in [1.29, 1.82) is 0 Å². The van der Waals surface area contributed by atoms with Gasteiger partial charge in [0.2, 0.25) is 0 Å². The first-order valence-corrected chi connectivity index (χ1v) is 5.67. The van der Waals surface area contributed by atoms with Crippen molar-refractivity contribution in [3.05, 3.63) is 35.9 Å². The highest BCUT2D eigenvalue weighted by Crippen LogP contribution is 2.34. The van der Waals surface area contributed by atoms with Crippen LogP contribution in [-0.2, 0) is 0 Å². The van der Waals surface area contributed by atoms with Gasteiger partial charge in [0, 0.05) is 19.5 Å². The van der Waals surface area contributed by atoms with E-state index in [0.717, 1.165) is 16.3 Å². The summed E-state index contributed by atoms with van der Waals surface area (Å²) in [6, 6.07) is 9.72. The van der Waals surface area contributed by atoms with Gasteiger partial charge in [0.15, 0.2) is 5.75 Å². The molecule has 1 amide bonds. The van der Waals surface area contributed by atoms with Crippen molar-refractivity contribution in [2.75, 3.05) is 19.8 Å². The first-order chi connectivity index (χ1) is 8.50. The molecule has 18 heavy (non-hydrogen) atoms. The Hall–Kier alpha value is -2.23. The lowest BCUT2D eigenvalue weighted by atomic mass is 10.0. The molecule has 0 aliphatic heterocycles. The molecule has 0 aliphatic rings. The van der Waals surface area contributed by atoms with Gasteiger partial charge >= 0.3 is 6.09 Å². The van der Waals surface area contributed by atoms with E-state index in [2.05, 4.69) is 0 Å². The molecule has 0 fully saturated rings. The van der Waals surface area contributed by atoms with Crippen LogP contribution in [0.1, 0.15) is 5.56 Å². The van der Waals surface area contributed by atoms with Crippen molar-refractivity contribution in [3.8, 4) is 5.75 Å². The van der Waals surface area contributed by atoms with E-state index < -0.39 is 6.09 Å². The Morgan fingerprint density at radius 3 is 2.61 bits per heavy atom. The van der Waals surface area contributed by atoms with Crippen LogP contribution in [0.25, 0.3) is 10.8 Å². The SMILES string of the molecule is Cc1cc2ccccc2c(N)c1OC(=O)N(C)C. The number of ether oxygens (including phenoxy) is 1. The van der Waals surface area contributed by atoms with Crippen LogP contribution in [0.2, 0.25) is 0 Å². The fourth-order valence-corrected chi connectivity index (χ4v) is 1.82. The van der Waals surface area contributed by atoms with Gasteiger partial charge in [0.25, 0.3) is 0 Å². The number of hydrogen-bond donors (Lipinski definition) is 1. The standard InChI is InChI=1S/C14H16N2O2/c1-9-8-10-6-4-5-7-11(10)12(15)13(9)18-14(17)16(2)3/h4-8H,15H2,1-3H3. The zero-order chi connectivity index (χ0) is 13.3. The van der Waals surface area contributed by atoms with Gasteiger partial charge in [-0.2, -0.15) is 0 Å². The molecule has 2 aromatic carbocycles. The highest BCUT2D eigenvalue weighted by Gasteiger charge is 2.14. The molecule has 0 unspecified atom stereocenters. The maximum absolute atomic E-state index is 11.6. The lowest BCUT2D eigenvalue weighted by Crippen LogP contribution is -2.26. The minimum absolute atomic E-state index is 0.430. The average Bonchev–Trinajstić information content (AvgIpc) is 2.34. The van der Waals surface area contributed by atoms with Crippen molar-refractivity contribution in [2.24, 2.45) is 0 Å². The van der Waals surface area contributed by atoms with Gasteiger partial charge in [-0.3, -0.25) is 0 Å². The van der Waals surface area contributed by atoms with Crippen LogP contribution in [-0.4, -0.2) is 25.1 Å². The van der Waals surface area contributed by atoms with Crippen LogP contribution in [0.5, 0.6) is 5.75 Å². The number of nitrogens with two attached hydrogens (primary N) is 1. The monoisotopic (exact) mass is 244 g/mol. The number of benzene rings is 2. The van der Waals surface area contributed by atoms with Crippen molar-refractivity contribution in [2.45, 2.75) is 6.92 Å². The maximum Gasteiger partial charge on any atom is 0.414 e. The molecule has 0 aromatic heterocycles. The highest BCUT2D eigenvalue weighted by molar-refractivity contribution is 5.97. The topological polar surface area (TPSA) is 55.6 Å². The summed E-state index contributed by atoms with van der Waals surface area (Å²) in [5.74, 6) is 0.437. The van der Waals surface area contributed by atoms with Gasteiger partial charge in [-0.25, -0.2) is 4.79 Å². The second-order valence-corrected chi connectivity index (χ2v) is 4.42. The summed E-state index contributed by atoms with van der Waals surface area (Å²) in [5, 5.41) is 1.93. The fourth-order valence-electron chi connectivity index (χ4n) is 1.82. The van der Waals surface area contributed by atoms with Crippen molar-refractivity contribution >= 4 is 22.6 Å². The fraction of sp³-hybridized carbons (Fsp3) is 0.214. The van der Waals surface area contributed by atoms with E-state index in [1.165, 1.54) is 4.90 Å². The Kier molecular flexibility index (Phi) is 3.10. The summed E-state index contributed by atoms with van der Waals surface area (Å²) < 4.78 is 5.31. The number of amides is 1. The molecular weight excluding hydrogens is 228 g/mol. The molecule has 0 bridgehead atoms. The van der Waals surface area contributed by atoms with Gasteiger partial charge in [-0.1, -0.05) is 24.3 Å². The molecule has 94 valence electrons. The number of hydrogen-bond acceptors (Lipinski definition) is 3. The minimum atomic E-state index is -0.430. The quantitative estimate of drug-likeness (QED) is 0.785. The van der Waals surface area contributed by atoms with E-state index in [4.69, 9.17) is 10.5 Å². The Morgan fingerprint density at radius 2 is 1.94 bits per heavy atom. The molecule has 4 nitrogen and oxygen atoms in total. The molecule has 0 saturated carbocycles. The average molecular weight is 244 g/mol. The number of aryl methyl sites for hydroxylation is 1. The molecule has 2 N–H and O–H groups in total. The van der Waals surface area contributed by atoms with Crippen LogP contribution in [0.15, 0.2) is 30.3 Å². The van der Waals surface area contributed by atoms with Gasteiger partial charge in [-0.05, 0) is 23.9 Å². The van der Waals surface area contributed by atoms with Gasteiger partial charge in [0.1, 0.15) is 0 Å². The molecule has 0 spiro atoms. The molecule has 2 rings (SSSR count). The zero-order valence-corrected chi connectivity index (χ0v) is 10.7. The van der Waals surface area contributed by atoms with E-state index in [1.807, 2.05) is 37.3 Å². The number of carbonyl (C=O) groups is 1. The summed E-state index contributed by atoms with van der Waals surface area (Å²) >= 11 is 0. The summed E-state index contributed by atoms with van der Waals surface area (Å²) in [6.45, 7) is 1.88. The number of fused-ring (bicyclic) bond motifs is 1. The number of nitrogens with zero attached hydrogens (tertiary/aromatic N) is 1. The Bertz CT molecular complexity index is 606. The molecule has 0 heterocycles. The molecule has 0 saturated heterocycles. The van der Waals surface area contributed by atoms with E-state index in [9.17, 15) is 4.79 Å². The number of anilines is 1. The summed E-state index contributed by atoms with van der Waals surface area (Å²) in [6.07, 6.45) is -0.430. The van der Waals surface area contributed by atoms with E-state index in [0.29, 0.717) is 11.4 Å². The molecular formula is C14H16N2O2. The summed E-state index contributed by atoms with van der Waals surface area (Å²) in [7, 11) is 3.27. The van der Waals surface area contributed by atoms with Crippen LogP contribution in [0.4, 0.5) is 10.5 Å². The Labute approximate surface area is 106 Å². The van der Waals surface area contributed by atoms with Gasteiger partial charge < -0.3 is 15.4 Å². The van der Waals surface area contributed by atoms with Gasteiger partial charge in [0.05, 0.1) is 5.69 Å². The summed E-state index contributed by atoms with van der Waals surface area (Å²) in [5.41, 5.74) is 7.42. The second-order valence-electron chi connectivity index (χ2n) is 4.42. The largest absolute Gasteiger partial charge is 0.414 e. The second kappa shape index (κ2) is 4.56. The molecule has 0 aliphatic carbocycles. The first kappa shape index (κ1) is 12.2. The molecule has 2 aromatic rings. The lowest BCUT2D eigenvalue weighted by molar-refractivity contribution is 0.172. The third-order valence-electron chi connectivity index (χ3n) is 2.78. The first-order valence-electron chi connectivity index (χ1n) is 5.67. The van der Waals surface area contributed by atoms with Crippen LogP contribution >= 0.6 is 0 Å². The zero-order valence-electron chi connectivity index (χ0n) is 10.7. The van der Waals surface area contributed by atoms with Crippen LogP contribution in [0, 0.1) is 6.92 Å². The Balaban J connectivity index is 2.54. The van der Waals surface area contributed by atoms with Crippen molar-refractivity contribution in [1.82, 2.24) is 4.90 Å². The van der Waals surface area contributed by atoms with E-state index in [-0.39, 0.29) is 0 Å². The predicted molar refractivity (Wildman–Crippen MR) is 72.8 cm³/mol. The normalized spacial score (nSPS) is 10.4. The molecule has 0 atom stereocenters. The number of carbonyl (C=O) groups excluding carboxylic acids is 1. The van der Waals surface area contributed by atoms with Crippen LogP contribution in [0.3, 0.4) is 0 Å². The highest BCUT2D eigenvalue weighted by atomic mass is 16.6. The Morgan fingerprint density at radius 1 is 1.28 bits per heavy atom. The smallest absolute Gasteiger partial charge is 0.408 e. The maximum atomic E-state index is 11.6. The molecule has 4 heteroatoms. The van der Waals surface area contributed by atoms with Gasteiger partial charge in [-0.15, -0.1) is 0 Å². The minimum Gasteiger partial charge on any atom is -0.408 e.